The fourth-order valence-corrected chi connectivity index (χ4v) is 4.53. The molecule has 4 rings (SSSR count). The molecule has 2 aliphatic heterocycles. The van der Waals surface area contributed by atoms with E-state index in [1.54, 1.807) is 29.1 Å². The number of piperidine rings is 1. The van der Waals surface area contributed by atoms with Crippen LogP contribution in [0.1, 0.15) is 29.6 Å². The van der Waals surface area contributed by atoms with E-state index in [2.05, 4.69) is 4.98 Å². The molecule has 0 bridgehead atoms. The van der Waals surface area contributed by atoms with Gasteiger partial charge in [-0.2, -0.15) is 0 Å². The van der Waals surface area contributed by atoms with Crippen molar-refractivity contribution in [1.29, 1.82) is 0 Å². The number of aliphatic carboxylic acids is 1. The molecule has 7 nitrogen and oxygen atoms in total. The molecule has 27 heavy (non-hydrogen) atoms. The van der Waals surface area contributed by atoms with E-state index in [0.29, 0.717) is 31.5 Å². The molecule has 2 aliphatic rings. The van der Waals surface area contributed by atoms with Crippen molar-refractivity contribution in [3.63, 3.8) is 0 Å². The normalized spacial score (nSPS) is 21.8. The van der Waals surface area contributed by atoms with Crippen molar-refractivity contribution in [3.05, 3.63) is 42.1 Å². The quantitative estimate of drug-likeness (QED) is 0.874. The summed E-state index contributed by atoms with van der Waals surface area (Å²) in [6.45, 7) is 0.855. The smallest absolute Gasteiger partial charge is 0.309 e. The number of pyridine rings is 1. The third-order valence-corrected chi connectivity index (χ3v) is 6.16. The number of nitrogens with zero attached hydrogens (tertiary/aromatic N) is 3. The van der Waals surface area contributed by atoms with Crippen LogP contribution < -0.4 is 0 Å². The van der Waals surface area contributed by atoms with E-state index in [0.717, 1.165) is 10.9 Å². The number of benzene rings is 1. The molecule has 1 aromatic carbocycles. The van der Waals surface area contributed by atoms with E-state index in [9.17, 15) is 19.5 Å². The summed E-state index contributed by atoms with van der Waals surface area (Å²) >= 11 is 0. The number of likely N-dealkylation sites (tertiary alicyclic amines) is 2. The third-order valence-electron chi connectivity index (χ3n) is 6.16. The highest BCUT2D eigenvalue weighted by atomic mass is 16.4. The summed E-state index contributed by atoms with van der Waals surface area (Å²) in [5.41, 5.74) is 0.672. The molecule has 1 atom stereocenters. The first-order valence-electron chi connectivity index (χ1n) is 9.06. The van der Waals surface area contributed by atoms with Gasteiger partial charge < -0.3 is 14.9 Å². The molecule has 0 saturated carbocycles. The average molecular weight is 367 g/mol. The van der Waals surface area contributed by atoms with Gasteiger partial charge in [0.2, 0.25) is 5.91 Å². The zero-order valence-corrected chi connectivity index (χ0v) is 15.1. The first kappa shape index (κ1) is 17.5. The molecule has 0 radical (unpaired) electrons. The van der Waals surface area contributed by atoms with Crippen LogP contribution in [0.4, 0.5) is 0 Å². The lowest BCUT2D eigenvalue weighted by Gasteiger charge is -2.45. The van der Waals surface area contributed by atoms with Gasteiger partial charge in [-0.25, -0.2) is 0 Å². The first-order chi connectivity index (χ1) is 12.9. The van der Waals surface area contributed by atoms with Crippen molar-refractivity contribution in [3.8, 4) is 0 Å². The van der Waals surface area contributed by atoms with Crippen LogP contribution in [0.5, 0.6) is 0 Å². The fourth-order valence-electron chi connectivity index (χ4n) is 4.53. The third kappa shape index (κ3) is 2.65. The summed E-state index contributed by atoms with van der Waals surface area (Å²) < 4.78 is 0. The summed E-state index contributed by atoms with van der Waals surface area (Å²) in [4.78, 5) is 44.5. The Morgan fingerprint density at radius 2 is 1.89 bits per heavy atom. The second-order valence-electron chi connectivity index (χ2n) is 7.32. The van der Waals surface area contributed by atoms with Gasteiger partial charge in [0.25, 0.3) is 5.91 Å². The van der Waals surface area contributed by atoms with Crippen molar-refractivity contribution >= 4 is 28.7 Å². The SMILES string of the molecule is CN1C(=O)CC(C(=O)O)C12CCN(C(=O)c1ccnc3ccccc13)CC2. The van der Waals surface area contributed by atoms with Gasteiger partial charge in [0.05, 0.1) is 22.5 Å². The van der Waals surface area contributed by atoms with Crippen LogP contribution >= 0.6 is 0 Å². The maximum absolute atomic E-state index is 13.1. The minimum absolute atomic E-state index is 0.0365. The Bertz CT molecular complexity index is 928. The molecule has 0 aliphatic carbocycles. The Morgan fingerprint density at radius 1 is 1.19 bits per heavy atom. The maximum atomic E-state index is 13.1. The molecule has 1 unspecified atom stereocenters. The number of hydrogen-bond donors (Lipinski definition) is 1. The number of hydrogen-bond acceptors (Lipinski definition) is 4. The van der Waals surface area contributed by atoms with Gasteiger partial charge in [-0.05, 0) is 25.0 Å². The summed E-state index contributed by atoms with van der Waals surface area (Å²) in [7, 11) is 1.68. The van der Waals surface area contributed by atoms with Crippen molar-refractivity contribution in [2.45, 2.75) is 24.8 Å². The molecule has 2 fully saturated rings. The molecule has 1 N–H and O–H groups in total. The van der Waals surface area contributed by atoms with E-state index in [-0.39, 0.29) is 18.2 Å². The number of aromatic nitrogens is 1. The van der Waals surface area contributed by atoms with Crippen LogP contribution in [-0.2, 0) is 9.59 Å². The Labute approximate surface area is 156 Å². The molecular formula is C20H21N3O4. The zero-order chi connectivity index (χ0) is 19.2. The molecule has 2 saturated heterocycles. The van der Waals surface area contributed by atoms with Crippen LogP contribution in [0.2, 0.25) is 0 Å². The largest absolute Gasteiger partial charge is 0.481 e. The molecule has 2 amide bonds. The molecule has 3 heterocycles. The minimum atomic E-state index is -0.937. The number of carboxylic acids is 1. The van der Waals surface area contributed by atoms with E-state index < -0.39 is 17.4 Å². The number of amides is 2. The maximum Gasteiger partial charge on any atom is 0.309 e. The van der Waals surface area contributed by atoms with Gasteiger partial charge in [0.1, 0.15) is 0 Å². The number of carbonyl (C=O) groups excluding carboxylic acids is 2. The summed E-state index contributed by atoms with van der Waals surface area (Å²) in [6, 6.07) is 9.23. The zero-order valence-electron chi connectivity index (χ0n) is 15.1. The van der Waals surface area contributed by atoms with Gasteiger partial charge in [0.15, 0.2) is 0 Å². The number of rotatable bonds is 2. The summed E-state index contributed by atoms with van der Waals surface area (Å²) in [5.74, 6) is -1.87. The lowest BCUT2D eigenvalue weighted by atomic mass is 9.77. The van der Waals surface area contributed by atoms with Gasteiger partial charge in [0, 0.05) is 38.1 Å². The van der Waals surface area contributed by atoms with Crippen molar-refractivity contribution in [2.75, 3.05) is 20.1 Å². The average Bonchev–Trinajstić information content (AvgIpc) is 2.93. The fraction of sp³-hybridized carbons (Fsp3) is 0.400. The first-order valence-corrected chi connectivity index (χ1v) is 9.06. The highest BCUT2D eigenvalue weighted by Gasteiger charge is 2.55. The molecule has 1 aromatic heterocycles. The molecule has 1 spiro atoms. The highest BCUT2D eigenvalue weighted by Crippen LogP contribution is 2.43. The lowest BCUT2D eigenvalue weighted by molar-refractivity contribution is -0.145. The van der Waals surface area contributed by atoms with Crippen LogP contribution in [0.15, 0.2) is 36.5 Å². The van der Waals surface area contributed by atoms with E-state index in [4.69, 9.17) is 0 Å². The van der Waals surface area contributed by atoms with Crippen molar-refractivity contribution < 1.29 is 19.5 Å². The summed E-state index contributed by atoms with van der Waals surface area (Å²) in [5, 5.41) is 10.4. The highest BCUT2D eigenvalue weighted by molar-refractivity contribution is 6.06. The predicted molar refractivity (Wildman–Crippen MR) is 98.1 cm³/mol. The molecular weight excluding hydrogens is 346 g/mol. The van der Waals surface area contributed by atoms with Crippen LogP contribution in [0.3, 0.4) is 0 Å². The number of carbonyl (C=O) groups is 3. The molecule has 140 valence electrons. The second-order valence-corrected chi connectivity index (χ2v) is 7.32. The monoisotopic (exact) mass is 367 g/mol. The number of fused-ring (bicyclic) bond motifs is 1. The van der Waals surface area contributed by atoms with Crippen LogP contribution in [0, 0.1) is 5.92 Å². The van der Waals surface area contributed by atoms with Crippen molar-refractivity contribution in [1.82, 2.24) is 14.8 Å². The van der Waals surface area contributed by atoms with E-state index in [1.807, 2.05) is 24.3 Å². The minimum Gasteiger partial charge on any atom is -0.481 e. The number of carboxylic acid groups (broad SMARTS) is 1. The van der Waals surface area contributed by atoms with Gasteiger partial charge in [-0.15, -0.1) is 0 Å². The van der Waals surface area contributed by atoms with Crippen LogP contribution in [-0.4, -0.2) is 63.4 Å². The Morgan fingerprint density at radius 3 is 2.59 bits per heavy atom. The van der Waals surface area contributed by atoms with Gasteiger partial charge >= 0.3 is 5.97 Å². The number of para-hydroxylation sites is 1. The molecule has 2 aromatic rings. The van der Waals surface area contributed by atoms with E-state index in [1.165, 1.54) is 0 Å². The van der Waals surface area contributed by atoms with Gasteiger partial charge in [-0.3, -0.25) is 19.4 Å². The topological polar surface area (TPSA) is 90.8 Å². The Kier molecular flexibility index (Phi) is 4.09. The Balaban J connectivity index is 1.58. The Hall–Kier alpha value is -2.96. The second kappa shape index (κ2) is 6.33. The van der Waals surface area contributed by atoms with E-state index >= 15 is 0 Å². The molecule has 7 heteroatoms. The van der Waals surface area contributed by atoms with Crippen LogP contribution in [0.25, 0.3) is 10.9 Å². The van der Waals surface area contributed by atoms with Gasteiger partial charge in [-0.1, -0.05) is 18.2 Å². The lowest BCUT2D eigenvalue weighted by Crippen LogP contribution is -2.56. The summed E-state index contributed by atoms with van der Waals surface area (Å²) in [6.07, 6.45) is 2.61. The predicted octanol–water partition coefficient (Wildman–Crippen LogP) is 1.77. The standard InChI is InChI=1S/C20H21N3O4/c1-22-17(24)12-15(19(26)27)20(22)7-10-23(11-8-20)18(25)14-6-9-21-16-5-3-2-4-13(14)16/h2-6,9,15H,7-8,10-12H2,1H3,(H,26,27). The van der Waals surface area contributed by atoms with Crippen molar-refractivity contribution in [2.24, 2.45) is 5.92 Å².